The molecule has 3 N–H and O–H groups in total. The molecule has 0 amide bonds. The van der Waals surface area contributed by atoms with Crippen LogP contribution in [-0.4, -0.2) is 60.0 Å². The summed E-state index contributed by atoms with van der Waals surface area (Å²) in [6, 6.07) is 10.1. The van der Waals surface area contributed by atoms with Crippen LogP contribution in [0.5, 0.6) is 0 Å². The van der Waals surface area contributed by atoms with Crippen molar-refractivity contribution in [3.05, 3.63) is 47.8 Å². The third kappa shape index (κ3) is 6.78. The lowest BCUT2D eigenvalue weighted by atomic mass is 10.3. The molecule has 1 aliphatic heterocycles. The van der Waals surface area contributed by atoms with Gasteiger partial charge in [-0.2, -0.15) is 5.10 Å². The first kappa shape index (κ1) is 21.6. The summed E-state index contributed by atoms with van der Waals surface area (Å²) in [5.41, 5.74) is 9.07. The predicted molar refractivity (Wildman–Crippen MR) is 119 cm³/mol. The Morgan fingerprint density at radius 2 is 2.00 bits per heavy atom. The van der Waals surface area contributed by atoms with Gasteiger partial charge in [-0.15, -0.1) is 24.0 Å². The number of ether oxygens (including phenoxy) is 1. The Kier molecular flexibility index (Phi) is 9.02. The maximum Gasteiger partial charge on any atom is 0.188 e. The predicted octanol–water partition coefficient (Wildman–Crippen LogP) is 1.93. The summed E-state index contributed by atoms with van der Waals surface area (Å²) in [4.78, 5) is 6.86. The maximum atomic E-state index is 5.99. The van der Waals surface area contributed by atoms with E-state index < -0.39 is 0 Å². The van der Waals surface area contributed by atoms with Crippen molar-refractivity contribution in [3.63, 3.8) is 0 Å². The highest BCUT2D eigenvalue weighted by Crippen LogP contribution is 2.12. The first-order valence-electron chi connectivity index (χ1n) is 9.17. The van der Waals surface area contributed by atoms with E-state index in [4.69, 9.17) is 10.5 Å². The molecule has 1 aromatic carbocycles. The van der Waals surface area contributed by atoms with Crippen LogP contribution in [-0.2, 0) is 11.3 Å². The van der Waals surface area contributed by atoms with Crippen molar-refractivity contribution in [2.24, 2.45) is 10.7 Å². The van der Waals surface area contributed by atoms with Crippen LogP contribution in [0.15, 0.2) is 41.5 Å². The number of nitrogens with one attached hydrogen (secondary N) is 1. The first-order chi connectivity index (χ1) is 12.7. The Labute approximate surface area is 178 Å². The average molecular weight is 484 g/mol. The van der Waals surface area contributed by atoms with Gasteiger partial charge in [-0.05, 0) is 32.0 Å². The number of nitrogens with two attached hydrogens (primary N) is 1. The molecule has 1 aromatic heterocycles. The lowest BCUT2D eigenvalue weighted by Crippen LogP contribution is -2.39. The number of hydrogen-bond acceptors (Lipinski definition) is 4. The van der Waals surface area contributed by atoms with Crippen LogP contribution >= 0.6 is 24.0 Å². The average Bonchev–Trinajstić information content (AvgIpc) is 3.06. The Morgan fingerprint density at radius 3 is 2.74 bits per heavy atom. The fourth-order valence-corrected chi connectivity index (χ4v) is 2.93. The summed E-state index contributed by atoms with van der Waals surface area (Å²) in [6.07, 6.45) is 3.06. The van der Waals surface area contributed by atoms with Gasteiger partial charge in [-0.3, -0.25) is 4.90 Å². The van der Waals surface area contributed by atoms with E-state index in [0.29, 0.717) is 12.5 Å². The first-order valence-corrected chi connectivity index (χ1v) is 9.17. The van der Waals surface area contributed by atoms with E-state index in [1.54, 1.807) is 0 Å². The second-order valence-corrected chi connectivity index (χ2v) is 6.46. The molecule has 0 bridgehead atoms. The Morgan fingerprint density at radius 1 is 1.26 bits per heavy atom. The molecule has 0 unspecified atom stereocenters. The number of hydrogen-bond donors (Lipinski definition) is 2. The highest BCUT2D eigenvalue weighted by Gasteiger charge is 2.09. The highest BCUT2D eigenvalue weighted by atomic mass is 127. The fourth-order valence-electron chi connectivity index (χ4n) is 2.93. The van der Waals surface area contributed by atoms with Crippen molar-refractivity contribution in [2.45, 2.75) is 19.9 Å². The van der Waals surface area contributed by atoms with E-state index >= 15 is 0 Å². The summed E-state index contributed by atoms with van der Waals surface area (Å²) >= 11 is 0. The second-order valence-electron chi connectivity index (χ2n) is 6.46. The molecule has 2 aromatic rings. The lowest BCUT2D eigenvalue weighted by Gasteiger charge is -2.26. The zero-order chi connectivity index (χ0) is 18.2. The summed E-state index contributed by atoms with van der Waals surface area (Å²) < 4.78 is 7.24. The van der Waals surface area contributed by atoms with E-state index in [2.05, 4.69) is 20.3 Å². The van der Waals surface area contributed by atoms with Gasteiger partial charge in [0, 0.05) is 31.4 Å². The minimum Gasteiger partial charge on any atom is -0.379 e. The number of halogens is 1. The van der Waals surface area contributed by atoms with E-state index in [1.807, 2.05) is 48.1 Å². The minimum absolute atomic E-state index is 0. The van der Waals surface area contributed by atoms with E-state index in [9.17, 15) is 0 Å². The molecular weight excluding hydrogens is 455 g/mol. The lowest BCUT2D eigenvalue weighted by molar-refractivity contribution is 0.0376. The monoisotopic (exact) mass is 484 g/mol. The maximum absolute atomic E-state index is 5.99. The fraction of sp³-hybridized carbons (Fsp3) is 0.474. The molecule has 2 heterocycles. The number of aryl methyl sites for hydroxylation is 1. The molecule has 0 atom stereocenters. The topological polar surface area (TPSA) is 80.7 Å². The zero-order valence-corrected chi connectivity index (χ0v) is 18.1. The Balaban J connectivity index is 0.00000261. The number of aromatic nitrogens is 2. The number of para-hydroxylation sites is 1. The number of benzene rings is 1. The van der Waals surface area contributed by atoms with Crippen molar-refractivity contribution < 1.29 is 4.74 Å². The van der Waals surface area contributed by atoms with Crippen LogP contribution in [0.3, 0.4) is 0 Å². The van der Waals surface area contributed by atoms with Gasteiger partial charge in [0.15, 0.2) is 5.96 Å². The Bertz CT molecular complexity index is 712. The summed E-state index contributed by atoms with van der Waals surface area (Å²) in [7, 11) is 0. The molecule has 0 spiro atoms. The molecule has 1 saturated heterocycles. The number of aliphatic imine (C=N–C) groups is 1. The molecule has 0 radical (unpaired) electrons. The summed E-state index contributed by atoms with van der Waals surface area (Å²) in [6.45, 7) is 8.14. The number of morpholine rings is 1. The molecule has 0 saturated carbocycles. The van der Waals surface area contributed by atoms with Crippen molar-refractivity contribution in [2.75, 3.05) is 39.4 Å². The molecule has 3 rings (SSSR count). The van der Waals surface area contributed by atoms with Crippen LogP contribution < -0.4 is 11.1 Å². The Hall–Kier alpha value is -1.65. The van der Waals surface area contributed by atoms with Crippen LogP contribution in [0.4, 0.5) is 0 Å². The molecule has 8 heteroatoms. The zero-order valence-electron chi connectivity index (χ0n) is 15.8. The van der Waals surface area contributed by atoms with E-state index in [1.165, 1.54) is 0 Å². The number of guanidine groups is 1. The smallest absolute Gasteiger partial charge is 0.188 e. The third-order valence-corrected chi connectivity index (χ3v) is 4.50. The van der Waals surface area contributed by atoms with Gasteiger partial charge in [-0.1, -0.05) is 18.2 Å². The van der Waals surface area contributed by atoms with Crippen LogP contribution in [0, 0.1) is 6.92 Å². The summed E-state index contributed by atoms with van der Waals surface area (Å²) in [5, 5.41) is 7.75. The van der Waals surface area contributed by atoms with Gasteiger partial charge in [0.25, 0.3) is 0 Å². The van der Waals surface area contributed by atoms with Gasteiger partial charge in [0.05, 0.1) is 31.1 Å². The van der Waals surface area contributed by atoms with Gasteiger partial charge < -0.3 is 15.8 Å². The minimum atomic E-state index is 0. The van der Waals surface area contributed by atoms with Crippen molar-refractivity contribution >= 4 is 29.9 Å². The normalized spacial score (nSPS) is 15.4. The molecule has 1 aliphatic rings. The van der Waals surface area contributed by atoms with Crippen LogP contribution in [0.25, 0.3) is 5.69 Å². The van der Waals surface area contributed by atoms with Crippen LogP contribution in [0.2, 0.25) is 0 Å². The quantitative estimate of drug-likeness (QED) is 0.272. The molecule has 27 heavy (non-hydrogen) atoms. The number of nitrogens with zero attached hydrogens (tertiary/aromatic N) is 4. The van der Waals surface area contributed by atoms with Crippen molar-refractivity contribution in [1.29, 1.82) is 0 Å². The van der Waals surface area contributed by atoms with Gasteiger partial charge in [-0.25, -0.2) is 9.67 Å². The molecular formula is C19H29IN6O. The molecule has 0 aliphatic carbocycles. The van der Waals surface area contributed by atoms with Crippen LogP contribution in [0.1, 0.15) is 17.7 Å². The van der Waals surface area contributed by atoms with Gasteiger partial charge in [0.1, 0.15) is 0 Å². The van der Waals surface area contributed by atoms with E-state index in [0.717, 1.165) is 62.8 Å². The van der Waals surface area contributed by atoms with Crippen molar-refractivity contribution in [1.82, 2.24) is 20.0 Å². The molecule has 7 nitrogen and oxygen atoms in total. The second kappa shape index (κ2) is 11.3. The van der Waals surface area contributed by atoms with E-state index in [-0.39, 0.29) is 24.0 Å². The SMILES string of the molecule is Cc1nn(-c2ccccc2)cc1CN=C(N)NCCCN1CCOCC1.I. The number of rotatable bonds is 7. The highest BCUT2D eigenvalue weighted by molar-refractivity contribution is 14.0. The third-order valence-electron chi connectivity index (χ3n) is 4.50. The van der Waals surface area contributed by atoms with Crippen molar-refractivity contribution in [3.8, 4) is 5.69 Å². The van der Waals surface area contributed by atoms with Gasteiger partial charge >= 0.3 is 0 Å². The summed E-state index contributed by atoms with van der Waals surface area (Å²) in [5.74, 6) is 0.485. The largest absolute Gasteiger partial charge is 0.379 e. The molecule has 1 fully saturated rings. The standard InChI is InChI=1S/C19H28N6O.HI/c1-16-17(15-25(23-16)18-6-3-2-4-7-18)14-22-19(20)21-8-5-9-24-10-12-26-13-11-24;/h2-4,6-7,15H,5,8-14H2,1H3,(H3,20,21,22);1H. The molecule has 148 valence electrons. The van der Waals surface area contributed by atoms with Gasteiger partial charge in [0.2, 0.25) is 0 Å².